The molecular formula is C13H22N4O2. The molecule has 0 aliphatic heterocycles. The highest BCUT2D eigenvalue weighted by atomic mass is 16.4. The number of carbonyl (C=O) groups excluding carboxylic acids is 1. The second kappa shape index (κ2) is 6.54. The molecule has 0 unspecified atom stereocenters. The summed E-state index contributed by atoms with van der Waals surface area (Å²) in [6, 6.07) is -0.0820. The maximum Gasteiger partial charge on any atom is 0.317 e. The summed E-state index contributed by atoms with van der Waals surface area (Å²) in [5.41, 5.74) is 0. The maximum atomic E-state index is 11.9. The van der Waals surface area contributed by atoms with Crippen molar-refractivity contribution in [2.24, 2.45) is 5.92 Å². The summed E-state index contributed by atoms with van der Waals surface area (Å²) in [4.78, 5) is 13.5. The lowest BCUT2D eigenvalue weighted by Crippen LogP contribution is -2.39. The largest absolute Gasteiger partial charge is 0.424 e. The van der Waals surface area contributed by atoms with Crippen molar-refractivity contribution in [1.29, 1.82) is 0 Å². The van der Waals surface area contributed by atoms with Crippen molar-refractivity contribution in [3.05, 3.63) is 11.8 Å². The molecule has 106 valence electrons. The zero-order valence-corrected chi connectivity index (χ0v) is 11.7. The van der Waals surface area contributed by atoms with E-state index in [-0.39, 0.29) is 6.03 Å². The molecule has 0 spiro atoms. The Kier molecular flexibility index (Phi) is 4.76. The lowest BCUT2D eigenvalue weighted by molar-refractivity contribution is 0.198. The van der Waals surface area contributed by atoms with Crippen LogP contribution in [0.5, 0.6) is 0 Å². The van der Waals surface area contributed by atoms with E-state index in [0.717, 1.165) is 6.54 Å². The highest BCUT2D eigenvalue weighted by Crippen LogP contribution is 2.22. The molecule has 0 bridgehead atoms. The fourth-order valence-electron chi connectivity index (χ4n) is 2.43. The van der Waals surface area contributed by atoms with Crippen LogP contribution in [-0.4, -0.2) is 34.7 Å². The van der Waals surface area contributed by atoms with E-state index >= 15 is 0 Å². The molecule has 0 aromatic carbocycles. The Bertz CT molecular complexity index is 413. The monoisotopic (exact) mass is 266 g/mol. The number of amides is 2. The summed E-state index contributed by atoms with van der Waals surface area (Å²) in [6.45, 7) is 2.85. The number of nitrogens with one attached hydrogen (secondary N) is 1. The van der Waals surface area contributed by atoms with Crippen molar-refractivity contribution < 1.29 is 9.21 Å². The van der Waals surface area contributed by atoms with E-state index in [0.29, 0.717) is 24.2 Å². The minimum atomic E-state index is -0.0820. The van der Waals surface area contributed by atoms with Gasteiger partial charge in [0.2, 0.25) is 11.8 Å². The van der Waals surface area contributed by atoms with E-state index in [9.17, 15) is 4.79 Å². The van der Waals surface area contributed by atoms with E-state index in [1.807, 2.05) is 0 Å². The molecule has 0 saturated heterocycles. The van der Waals surface area contributed by atoms with Crippen molar-refractivity contribution in [1.82, 2.24) is 20.4 Å². The second-order valence-electron chi connectivity index (χ2n) is 5.26. The van der Waals surface area contributed by atoms with Gasteiger partial charge in [-0.1, -0.05) is 19.3 Å². The molecule has 1 heterocycles. The van der Waals surface area contributed by atoms with Crippen molar-refractivity contribution >= 4 is 6.03 Å². The lowest BCUT2D eigenvalue weighted by atomic mass is 9.89. The molecule has 19 heavy (non-hydrogen) atoms. The summed E-state index contributed by atoms with van der Waals surface area (Å²) < 4.78 is 5.25. The van der Waals surface area contributed by atoms with Gasteiger partial charge < -0.3 is 14.6 Å². The van der Waals surface area contributed by atoms with Gasteiger partial charge in [-0.3, -0.25) is 0 Å². The molecule has 1 N–H and O–H groups in total. The standard InChI is InChI=1S/C13H22N4O2/c1-10-15-16-12(19-10)9-17(2)13(18)14-8-11-6-4-3-5-7-11/h11H,3-9H2,1-2H3,(H,14,18). The summed E-state index contributed by atoms with van der Waals surface area (Å²) in [5, 5.41) is 10.6. The minimum Gasteiger partial charge on any atom is -0.424 e. The second-order valence-corrected chi connectivity index (χ2v) is 5.26. The highest BCUT2D eigenvalue weighted by molar-refractivity contribution is 5.73. The van der Waals surface area contributed by atoms with Crippen molar-refractivity contribution in [2.45, 2.75) is 45.6 Å². The Morgan fingerprint density at radius 3 is 2.74 bits per heavy atom. The van der Waals surface area contributed by atoms with Crippen LogP contribution in [0.3, 0.4) is 0 Å². The number of aromatic nitrogens is 2. The molecule has 1 aromatic heterocycles. The van der Waals surface area contributed by atoms with Crippen LogP contribution in [0.15, 0.2) is 4.42 Å². The third-order valence-electron chi connectivity index (χ3n) is 3.55. The average molecular weight is 266 g/mol. The van der Waals surface area contributed by atoms with Gasteiger partial charge in [0.15, 0.2) is 0 Å². The van der Waals surface area contributed by atoms with Crippen LogP contribution < -0.4 is 5.32 Å². The molecule has 6 heteroatoms. The third-order valence-corrected chi connectivity index (χ3v) is 3.55. The van der Waals surface area contributed by atoms with Gasteiger partial charge in [0.1, 0.15) is 6.54 Å². The normalized spacial score (nSPS) is 16.3. The predicted molar refractivity (Wildman–Crippen MR) is 70.5 cm³/mol. The van der Waals surface area contributed by atoms with Gasteiger partial charge in [-0.2, -0.15) is 0 Å². The van der Waals surface area contributed by atoms with E-state index in [2.05, 4.69) is 15.5 Å². The number of carbonyl (C=O) groups is 1. The molecule has 1 fully saturated rings. The van der Waals surface area contributed by atoms with E-state index in [1.54, 1.807) is 18.9 Å². The van der Waals surface area contributed by atoms with Gasteiger partial charge in [-0.05, 0) is 18.8 Å². The van der Waals surface area contributed by atoms with Gasteiger partial charge in [0.05, 0.1) is 0 Å². The van der Waals surface area contributed by atoms with E-state index in [1.165, 1.54) is 32.1 Å². The van der Waals surface area contributed by atoms with Gasteiger partial charge in [0, 0.05) is 20.5 Å². The third kappa shape index (κ3) is 4.22. The molecule has 1 saturated carbocycles. The van der Waals surface area contributed by atoms with Crippen molar-refractivity contribution in [3.8, 4) is 0 Å². The lowest BCUT2D eigenvalue weighted by Gasteiger charge is -2.23. The van der Waals surface area contributed by atoms with E-state index in [4.69, 9.17) is 4.42 Å². The number of nitrogens with zero attached hydrogens (tertiary/aromatic N) is 3. The molecule has 1 aliphatic carbocycles. The topological polar surface area (TPSA) is 71.3 Å². The number of hydrogen-bond acceptors (Lipinski definition) is 4. The Hall–Kier alpha value is -1.59. The Balaban J connectivity index is 1.72. The van der Waals surface area contributed by atoms with Crippen LogP contribution >= 0.6 is 0 Å². The molecule has 6 nitrogen and oxygen atoms in total. The van der Waals surface area contributed by atoms with Crippen LogP contribution in [-0.2, 0) is 6.54 Å². The first-order valence-electron chi connectivity index (χ1n) is 6.93. The van der Waals surface area contributed by atoms with Crippen molar-refractivity contribution in [3.63, 3.8) is 0 Å². The summed E-state index contributed by atoms with van der Waals surface area (Å²) in [5.74, 6) is 1.62. The van der Waals surface area contributed by atoms with Crippen molar-refractivity contribution in [2.75, 3.05) is 13.6 Å². The minimum absolute atomic E-state index is 0.0820. The van der Waals surface area contributed by atoms with Gasteiger partial charge in [-0.15, -0.1) is 10.2 Å². The number of rotatable bonds is 4. The molecule has 1 aromatic rings. The zero-order chi connectivity index (χ0) is 13.7. The first-order chi connectivity index (χ1) is 9.15. The average Bonchev–Trinajstić information content (AvgIpc) is 2.82. The van der Waals surface area contributed by atoms with E-state index < -0.39 is 0 Å². The Labute approximate surface area is 113 Å². The number of hydrogen-bond donors (Lipinski definition) is 1. The van der Waals surface area contributed by atoms with Gasteiger partial charge in [-0.25, -0.2) is 4.79 Å². The Morgan fingerprint density at radius 2 is 2.11 bits per heavy atom. The summed E-state index contributed by atoms with van der Waals surface area (Å²) in [6.07, 6.45) is 6.37. The fourth-order valence-corrected chi connectivity index (χ4v) is 2.43. The first kappa shape index (κ1) is 13.8. The zero-order valence-electron chi connectivity index (χ0n) is 11.7. The summed E-state index contributed by atoms with van der Waals surface area (Å²) in [7, 11) is 1.73. The van der Waals surface area contributed by atoms with Gasteiger partial charge in [0.25, 0.3) is 0 Å². The van der Waals surface area contributed by atoms with Crippen LogP contribution in [0.25, 0.3) is 0 Å². The summed E-state index contributed by atoms with van der Waals surface area (Å²) >= 11 is 0. The number of urea groups is 1. The molecule has 0 atom stereocenters. The molecule has 0 radical (unpaired) electrons. The maximum absolute atomic E-state index is 11.9. The first-order valence-corrected chi connectivity index (χ1v) is 6.93. The van der Waals surface area contributed by atoms with Crippen LogP contribution in [0.1, 0.15) is 43.9 Å². The molecule has 1 aliphatic rings. The smallest absolute Gasteiger partial charge is 0.317 e. The molecular weight excluding hydrogens is 244 g/mol. The van der Waals surface area contributed by atoms with Crippen LogP contribution in [0, 0.1) is 12.8 Å². The predicted octanol–water partition coefficient (Wildman–Crippen LogP) is 2.10. The highest BCUT2D eigenvalue weighted by Gasteiger charge is 2.16. The number of aryl methyl sites for hydroxylation is 1. The molecule has 2 amide bonds. The van der Waals surface area contributed by atoms with Gasteiger partial charge >= 0.3 is 6.03 Å². The Morgan fingerprint density at radius 1 is 1.37 bits per heavy atom. The fraction of sp³-hybridized carbons (Fsp3) is 0.769. The SMILES string of the molecule is Cc1nnc(CN(C)C(=O)NCC2CCCCC2)o1. The molecule has 2 rings (SSSR count). The van der Waals surface area contributed by atoms with Crippen LogP contribution in [0.4, 0.5) is 4.79 Å². The quantitative estimate of drug-likeness (QED) is 0.906. The van der Waals surface area contributed by atoms with Crippen LogP contribution in [0.2, 0.25) is 0 Å².